The standard InChI is InChI=1S/C27H32N2O2.C27H30N2O2.Mn.2O/c2*1-27(2,3)25(30)15-18-9-11-20(12-10-18)26(31)21-13-14-22-23(16-21)29-24(17-28-22)19-7-5-4-6-8-19;;;/h9-14,16-17,19,26,31H,4-8,15H2,1-3H3;9-14,16-17,19H,4-8,15H2,1-3H3;;;. The van der Waals surface area contributed by atoms with Crippen LogP contribution >= 0.6 is 0 Å². The summed E-state index contributed by atoms with van der Waals surface area (Å²) in [6.07, 6.45) is 16.2. The van der Waals surface area contributed by atoms with Gasteiger partial charge in [0.1, 0.15) is 17.7 Å². The number of carbonyl (C=O) groups excluding carboxylic acids is 3. The number of aliphatic hydroxyl groups is 1. The van der Waals surface area contributed by atoms with Gasteiger partial charge in [0.25, 0.3) is 0 Å². The zero-order valence-corrected chi connectivity index (χ0v) is 39.8. The Balaban J connectivity index is 0.000000203. The molecule has 10 nitrogen and oxygen atoms in total. The molecule has 0 saturated heterocycles. The van der Waals surface area contributed by atoms with E-state index in [0.29, 0.717) is 35.8 Å². The fourth-order valence-electron chi connectivity index (χ4n) is 8.42. The first-order chi connectivity index (χ1) is 31.0. The van der Waals surface area contributed by atoms with Crippen molar-refractivity contribution in [2.75, 3.05) is 0 Å². The van der Waals surface area contributed by atoms with Gasteiger partial charge in [0, 0.05) is 59.0 Å². The van der Waals surface area contributed by atoms with Crippen molar-refractivity contribution in [2.45, 2.75) is 137 Å². The number of hydrogen-bond donors (Lipinski definition) is 1. The van der Waals surface area contributed by atoms with Crippen LogP contribution in [-0.4, -0.2) is 42.4 Å². The zero-order valence-electron chi connectivity index (χ0n) is 38.6. The van der Waals surface area contributed by atoms with Gasteiger partial charge in [-0.25, -0.2) is 9.97 Å². The summed E-state index contributed by atoms with van der Waals surface area (Å²) in [4.78, 5) is 56.5. The molecule has 0 amide bonds. The molecule has 2 saturated carbocycles. The summed E-state index contributed by atoms with van der Waals surface area (Å²) in [6, 6.07) is 26.4. The van der Waals surface area contributed by atoms with Gasteiger partial charge in [0.2, 0.25) is 0 Å². The number of aliphatic hydroxyl groups excluding tert-OH is 1. The minimum atomic E-state index is -1.44. The molecule has 1 atom stereocenters. The molecular formula is C54H62MnN4O6. The van der Waals surface area contributed by atoms with Crippen LogP contribution in [0.4, 0.5) is 0 Å². The van der Waals surface area contributed by atoms with E-state index in [0.717, 1.165) is 55.7 Å². The Bertz CT molecular complexity index is 2630. The van der Waals surface area contributed by atoms with Gasteiger partial charge in [0.15, 0.2) is 5.78 Å². The van der Waals surface area contributed by atoms with Crippen LogP contribution in [0.25, 0.3) is 22.1 Å². The van der Waals surface area contributed by atoms with Crippen LogP contribution < -0.4 is 0 Å². The van der Waals surface area contributed by atoms with Crippen molar-refractivity contribution in [1.29, 1.82) is 0 Å². The van der Waals surface area contributed by atoms with E-state index in [2.05, 4.69) is 9.97 Å². The molecule has 0 radical (unpaired) electrons. The van der Waals surface area contributed by atoms with E-state index in [-0.39, 0.29) is 28.2 Å². The summed E-state index contributed by atoms with van der Waals surface area (Å²) in [5, 5.41) is 11.0. The average molecular weight is 918 g/mol. The zero-order chi connectivity index (χ0) is 46.7. The van der Waals surface area contributed by atoms with Crippen LogP contribution in [0.1, 0.15) is 173 Å². The molecule has 0 aliphatic heterocycles. The molecule has 341 valence electrons. The number of nitrogens with zero attached hydrogens (tertiary/aromatic N) is 4. The third-order valence-corrected chi connectivity index (χ3v) is 12.7. The molecule has 8 rings (SSSR count). The molecule has 11 heteroatoms. The Kier molecular flexibility index (Phi) is 16.8. The Morgan fingerprint density at radius 2 is 0.954 bits per heavy atom. The number of aromatic nitrogens is 4. The molecule has 2 fully saturated rings. The summed E-state index contributed by atoms with van der Waals surface area (Å²) in [5.74, 6) is 1.34. The predicted molar refractivity (Wildman–Crippen MR) is 249 cm³/mol. The average Bonchev–Trinajstić information content (AvgIpc) is 3.31. The number of ketones is 3. The first kappa shape index (κ1) is 49.1. The molecule has 0 bridgehead atoms. The Labute approximate surface area is 389 Å². The summed E-state index contributed by atoms with van der Waals surface area (Å²) >= 11 is -1.44. The Hall–Kier alpha value is -5.35. The summed E-state index contributed by atoms with van der Waals surface area (Å²) in [7, 11) is 0. The molecule has 4 aromatic carbocycles. The van der Waals surface area contributed by atoms with Gasteiger partial charge < -0.3 is 5.11 Å². The minimum absolute atomic E-state index is 0.0412. The quantitative estimate of drug-likeness (QED) is 0.104. The van der Waals surface area contributed by atoms with E-state index in [1.807, 2.05) is 139 Å². The molecule has 1 N–H and O–H groups in total. The van der Waals surface area contributed by atoms with Crippen molar-refractivity contribution in [3.63, 3.8) is 0 Å². The molecule has 2 aromatic heterocycles. The van der Waals surface area contributed by atoms with Crippen molar-refractivity contribution < 1.29 is 42.0 Å². The Morgan fingerprint density at radius 1 is 0.554 bits per heavy atom. The molecule has 65 heavy (non-hydrogen) atoms. The fraction of sp³-hybridized carbons (Fsp3) is 0.426. The SMILES string of the molecule is CC(C)(C)C(=O)Cc1ccc(C(=O)c2ccc3ncc(C4CCCCC4)nc3c2)cc1.CC(C)(C)C(=O)Cc1ccc(C(O)c2ccc3ncc(C4CCCCC4)nc3c2)cc1.[O]=[Mn]=[O]. The normalized spacial score (nSPS) is 15.2. The van der Waals surface area contributed by atoms with Gasteiger partial charge in [-0.05, 0) is 78.3 Å². The summed E-state index contributed by atoms with van der Waals surface area (Å²) in [5.41, 5.74) is 9.43. The molecular weight excluding hydrogens is 856 g/mol. The fourth-order valence-corrected chi connectivity index (χ4v) is 8.42. The van der Waals surface area contributed by atoms with Gasteiger partial charge >= 0.3 is 22.5 Å². The van der Waals surface area contributed by atoms with Gasteiger partial charge in [-0.2, -0.15) is 0 Å². The third-order valence-electron chi connectivity index (χ3n) is 12.7. The van der Waals surface area contributed by atoms with Crippen molar-refractivity contribution >= 4 is 39.4 Å². The van der Waals surface area contributed by atoms with Gasteiger partial charge in [-0.1, -0.05) is 135 Å². The van der Waals surface area contributed by atoms with Crippen molar-refractivity contribution in [1.82, 2.24) is 19.9 Å². The number of hydrogen-bond acceptors (Lipinski definition) is 10. The van der Waals surface area contributed by atoms with Gasteiger partial charge in [0.05, 0.1) is 33.5 Å². The number of fused-ring (bicyclic) bond motifs is 2. The third kappa shape index (κ3) is 13.4. The van der Waals surface area contributed by atoms with E-state index in [1.54, 1.807) is 0 Å². The van der Waals surface area contributed by atoms with Crippen LogP contribution in [0.3, 0.4) is 0 Å². The number of carbonyl (C=O) groups is 3. The molecule has 0 spiro atoms. The second-order valence-electron chi connectivity index (χ2n) is 19.6. The maximum atomic E-state index is 13.1. The van der Waals surface area contributed by atoms with Crippen LogP contribution in [-0.2, 0) is 44.9 Å². The van der Waals surface area contributed by atoms with E-state index in [9.17, 15) is 19.5 Å². The second-order valence-corrected chi connectivity index (χ2v) is 19.8. The van der Waals surface area contributed by atoms with Crippen LogP contribution in [0, 0.1) is 10.8 Å². The number of benzene rings is 4. The van der Waals surface area contributed by atoms with Crippen LogP contribution in [0.2, 0.25) is 0 Å². The molecule has 2 aliphatic rings. The van der Waals surface area contributed by atoms with Crippen molar-refractivity contribution in [3.8, 4) is 0 Å². The molecule has 1 unspecified atom stereocenters. The number of Topliss-reactive ketones (excluding diaryl/α,β-unsaturated/α-hetero) is 2. The predicted octanol–water partition coefficient (Wildman–Crippen LogP) is 11.7. The van der Waals surface area contributed by atoms with Crippen LogP contribution in [0.15, 0.2) is 97.3 Å². The Morgan fingerprint density at radius 3 is 1.42 bits per heavy atom. The first-order valence-electron chi connectivity index (χ1n) is 22.9. The van der Waals surface area contributed by atoms with E-state index in [1.165, 1.54) is 64.2 Å². The van der Waals surface area contributed by atoms with Crippen molar-refractivity contribution in [2.24, 2.45) is 10.8 Å². The van der Waals surface area contributed by atoms with E-state index in [4.69, 9.17) is 17.6 Å². The van der Waals surface area contributed by atoms with Crippen molar-refractivity contribution in [3.05, 3.63) is 142 Å². The topological polar surface area (TPSA) is 157 Å². The van der Waals surface area contributed by atoms with Gasteiger partial charge in [-0.3, -0.25) is 24.4 Å². The monoisotopic (exact) mass is 917 g/mol. The number of rotatable bonds is 10. The van der Waals surface area contributed by atoms with E-state index >= 15 is 0 Å². The van der Waals surface area contributed by atoms with E-state index < -0.39 is 20.9 Å². The molecule has 6 aromatic rings. The second kappa shape index (κ2) is 22.2. The first-order valence-corrected chi connectivity index (χ1v) is 23.9. The van der Waals surface area contributed by atoms with Gasteiger partial charge in [-0.15, -0.1) is 0 Å². The maximum absolute atomic E-state index is 13.1. The summed E-state index contributed by atoms with van der Waals surface area (Å²) in [6.45, 7) is 11.6. The summed E-state index contributed by atoms with van der Waals surface area (Å²) < 4.78 is 16.8. The van der Waals surface area contributed by atoms with Crippen LogP contribution in [0.5, 0.6) is 0 Å². The molecule has 2 heterocycles. The molecule has 2 aliphatic carbocycles.